The molecule has 7 nitrogen and oxygen atoms in total. The number of hydrogen-bond acceptors (Lipinski definition) is 5. The van der Waals surface area contributed by atoms with Crippen molar-refractivity contribution >= 4 is 28.2 Å². The van der Waals surface area contributed by atoms with Crippen LogP contribution in [0.2, 0.25) is 0 Å². The summed E-state index contributed by atoms with van der Waals surface area (Å²) in [6.07, 6.45) is 7.48. The Morgan fingerprint density at radius 3 is 2.58 bits per heavy atom. The molecule has 0 aliphatic carbocycles. The lowest BCUT2D eigenvalue weighted by Gasteiger charge is -2.08. The van der Waals surface area contributed by atoms with Gasteiger partial charge in [-0.2, -0.15) is 5.10 Å². The van der Waals surface area contributed by atoms with E-state index in [1.165, 1.54) is 0 Å². The zero-order chi connectivity index (χ0) is 20.6. The first kappa shape index (κ1) is 17.3. The van der Waals surface area contributed by atoms with Crippen LogP contribution in [0.3, 0.4) is 0 Å². The van der Waals surface area contributed by atoms with Crippen LogP contribution in [0.4, 0.5) is 11.6 Å². The third-order valence-corrected chi connectivity index (χ3v) is 5.24. The molecule has 0 saturated heterocycles. The van der Waals surface area contributed by atoms with Crippen molar-refractivity contribution in [3.05, 3.63) is 91.6 Å². The molecule has 0 aliphatic rings. The highest BCUT2D eigenvalue weighted by atomic mass is 15.2. The molecule has 4 heterocycles. The summed E-state index contributed by atoms with van der Waals surface area (Å²) >= 11 is 0. The van der Waals surface area contributed by atoms with Gasteiger partial charge in [-0.3, -0.25) is 5.10 Å². The number of hydrogen-bond donors (Lipinski definition) is 2. The summed E-state index contributed by atoms with van der Waals surface area (Å²) in [5, 5.41) is 11.1. The number of nitrogens with zero attached hydrogens (tertiary/aromatic N) is 5. The second kappa shape index (κ2) is 7.07. The van der Waals surface area contributed by atoms with Gasteiger partial charge in [0.15, 0.2) is 5.82 Å². The van der Waals surface area contributed by atoms with Crippen LogP contribution in [-0.2, 0) is 0 Å². The lowest BCUT2D eigenvalue weighted by Crippen LogP contribution is -1.96. The molecule has 6 aromatic rings. The fourth-order valence-electron chi connectivity index (χ4n) is 3.70. The van der Waals surface area contributed by atoms with E-state index in [0.717, 1.165) is 38.9 Å². The number of pyridine rings is 1. The van der Waals surface area contributed by atoms with Gasteiger partial charge in [-0.05, 0) is 35.4 Å². The van der Waals surface area contributed by atoms with E-state index in [9.17, 15) is 0 Å². The molecule has 0 fully saturated rings. The van der Waals surface area contributed by atoms with Crippen molar-refractivity contribution in [2.75, 3.05) is 5.32 Å². The van der Waals surface area contributed by atoms with Gasteiger partial charge in [0.05, 0.1) is 11.2 Å². The molecule has 148 valence electrons. The minimum absolute atomic E-state index is 0.707. The Morgan fingerprint density at radius 2 is 1.71 bits per heavy atom. The molecule has 0 bridgehead atoms. The normalized spacial score (nSPS) is 11.2. The number of imidazole rings is 1. The van der Waals surface area contributed by atoms with E-state index < -0.39 is 0 Å². The van der Waals surface area contributed by atoms with E-state index in [-0.39, 0.29) is 0 Å². The number of nitrogens with one attached hydrogen (secondary N) is 2. The third-order valence-electron chi connectivity index (χ3n) is 5.24. The smallest absolute Gasteiger partial charge is 0.153 e. The molecule has 0 spiro atoms. The van der Waals surface area contributed by atoms with Gasteiger partial charge in [-0.1, -0.05) is 36.4 Å². The summed E-state index contributed by atoms with van der Waals surface area (Å²) in [4.78, 5) is 13.6. The van der Waals surface area contributed by atoms with Gasteiger partial charge in [0.25, 0.3) is 0 Å². The standard InChI is InChI=1S/C24H17N7/c1-2-4-16(5-3-1)21-14-31-13-18(7-9-23(31)28-21)17-6-8-20-19(12-17)24(26-15-25-20)29-22-10-11-27-30-22/h1-15H,(H2,25,26,27,29,30). The van der Waals surface area contributed by atoms with Crippen LogP contribution in [0.25, 0.3) is 38.9 Å². The van der Waals surface area contributed by atoms with Crippen LogP contribution in [0.5, 0.6) is 0 Å². The number of aromatic nitrogens is 6. The largest absolute Gasteiger partial charge is 0.323 e. The van der Waals surface area contributed by atoms with E-state index in [4.69, 9.17) is 4.98 Å². The molecule has 2 N–H and O–H groups in total. The molecule has 0 atom stereocenters. The molecule has 4 aromatic heterocycles. The average Bonchev–Trinajstić information content (AvgIpc) is 3.49. The van der Waals surface area contributed by atoms with E-state index in [1.54, 1.807) is 12.5 Å². The van der Waals surface area contributed by atoms with Crippen LogP contribution in [0.15, 0.2) is 91.6 Å². The fourth-order valence-corrected chi connectivity index (χ4v) is 3.70. The molecule has 0 amide bonds. The van der Waals surface area contributed by atoms with E-state index >= 15 is 0 Å². The second-order valence-corrected chi connectivity index (χ2v) is 7.21. The summed E-state index contributed by atoms with van der Waals surface area (Å²) in [5.74, 6) is 1.42. The fraction of sp³-hybridized carbons (Fsp3) is 0. The first-order chi connectivity index (χ1) is 15.3. The highest BCUT2D eigenvalue weighted by molar-refractivity contribution is 5.93. The summed E-state index contributed by atoms with van der Waals surface area (Å²) in [6, 6.07) is 22.4. The summed E-state index contributed by atoms with van der Waals surface area (Å²) in [6.45, 7) is 0. The Kier molecular flexibility index (Phi) is 3.96. The van der Waals surface area contributed by atoms with E-state index in [1.807, 2.05) is 36.4 Å². The molecule has 0 radical (unpaired) electrons. The minimum atomic E-state index is 0.707. The van der Waals surface area contributed by atoms with E-state index in [0.29, 0.717) is 11.6 Å². The Bertz CT molecular complexity index is 1500. The Labute approximate surface area is 177 Å². The number of aromatic amines is 1. The van der Waals surface area contributed by atoms with Crippen molar-refractivity contribution < 1.29 is 0 Å². The molecule has 2 aromatic carbocycles. The predicted octanol–water partition coefficient (Wildman–Crippen LogP) is 5.08. The zero-order valence-corrected chi connectivity index (χ0v) is 16.4. The summed E-state index contributed by atoms with van der Waals surface area (Å²) in [5.41, 5.74) is 5.99. The van der Waals surface area contributed by atoms with Crippen LogP contribution in [-0.4, -0.2) is 29.5 Å². The Morgan fingerprint density at radius 1 is 0.806 bits per heavy atom. The van der Waals surface area contributed by atoms with Gasteiger partial charge in [-0.15, -0.1) is 0 Å². The van der Waals surface area contributed by atoms with Crippen molar-refractivity contribution in [1.29, 1.82) is 0 Å². The van der Waals surface area contributed by atoms with Gasteiger partial charge < -0.3 is 9.72 Å². The van der Waals surface area contributed by atoms with Gasteiger partial charge in [-0.25, -0.2) is 15.0 Å². The maximum Gasteiger partial charge on any atom is 0.153 e. The third kappa shape index (κ3) is 3.18. The monoisotopic (exact) mass is 403 g/mol. The summed E-state index contributed by atoms with van der Waals surface area (Å²) in [7, 11) is 0. The van der Waals surface area contributed by atoms with Crippen molar-refractivity contribution in [2.45, 2.75) is 0 Å². The average molecular weight is 403 g/mol. The van der Waals surface area contributed by atoms with Crippen LogP contribution in [0.1, 0.15) is 0 Å². The molecule has 0 aliphatic heterocycles. The lowest BCUT2D eigenvalue weighted by molar-refractivity contribution is 1.09. The highest BCUT2D eigenvalue weighted by Crippen LogP contribution is 2.29. The number of anilines is 2. The molecular formula is C24H17N7. The molecular weight excluding hydrogens is 386 g/mol. The Hall–Kier alpha value is -4.52. The topological polar surface area (TPSA) is 83.8 Å². The highest BCUT2D eigenvalue weighted by Gasteiger charge is 2.09. The predicted molar refractivity (Wildman–Crippen MR) is 121 cm³/mol. The Balaban J connectivity index is 1.42. The first-order valence-corrected chi connectivity index (χ1v) is 9.90. The lowest BCUT2D eigenvalue weighted by atomic mass is 10.1. The molecule has 6 rings (SSSR count). The summed E-state index contributed by atoms with van der Waals surface area (Å²) < 4.78 is 2.06. The van der Waals surface area contributed by atoms with Crippen LogP contribution >= 0.6 is 0 Å². The molecule has 31 heavy (non-hydrogen) atoms. The van der Waals surface area contributed by atoms with Crippen LogP contribution in [0, 0.1) is 0 Å². The van der Waals surface area contributed by atoms with Crippen LogP contribution < -0.4 is 5.32 Å². The van der Waals surface area contributed by atoms with E-state index in [2.05, 4.69) is 72.6 Å². The number of benzene rings is 2. The van der Waals surface area contributed by atoms with Crippen molar-refractivity contribution in [2.24, 2.45) is 0 Å². The van der Waals surface area contributed by atoms with Crippen molar-refractivity contribution in [1.82, 2.24) is 29.5 Å². The van der Waals surface area contributed by atoms with Crippen molar-refractivity contribution in [3.8, 4) is 22.4 Å². The molecule has 7 heteroatoms. The van der Waals surface area contributed by atoms with Gasteiger partial charge >= 0.3 is 0 Å². The van der Waals surface area contributed by atoms with Gasteiger partial charge in [0.2, 0.25) is 0 Å². The minimum Gasteiger partial charge on any atom is -0.323 e. The second-order valence-electron chi connectivity index (χ2n) is 7.21. The quantitative estimate of drug-likeness (QED) is 0.429. The van der Waals surface area contributed by atoms with Crippen molar-refractivity contribution in [3.63, 3.8) is 0 Å². The molecule has 0 unspecified atom stereocenters. The maximum atomic E-state index is 4.75. The number of H-pyrrole nitrogens is 1. The SMILES string of the molecule is c1ccc(-c2cn3cc(-c4ccc5ncnc(Nc6cc[nH]n6)c5c4)ccc3n2)cc1. The number of rotatable bonds is 4. The van der Waals surface area contributed by atoms with Gasteiger partial charge in [0.1, 0.15) is 17.8 Å². The molecule has 0 saturated carbocycles. The van der Waals surface area contributed by atoms with Gasteiger partial charge in [0, 0.05) is 35.6 Å². The zero-order valence-electron chi connectivity index (χ0n) is 16.4. The number of fused-ring (bicyclic) bond motifs is 2. The first-order valence-electron chi connectivity index (χ1n) is 9.90. The maximum absolute atomic E-state index is 4.75.